The van der Waals surface area contributed by atoms with Crippen molar-refractivity contribution in [3.63, 3.8) is 0 Å². The van der Waals surface area contributed by atoms with Crippen molar-refractivity contribution in [2.24, 2.45) is 0 Å². The normalized spacial score (nSPS) is 13.9. The van der Waals surface area contributed by atoms with Crippen LogP contribution in [0.4, 0.5) is 0 Å². The molecule has 0 N–H and O–H groups in total. The molecule has 0 atom stereocenters. The molecule has 3 aromatic carbocycles. The molecule has 4 nitrogen and oxygen atoms in total. The molecular weight excluding hydrogens is 376 g/mol. The standard InChI is InChI=1S/C23H17ClO4/c1-26-18-8-4-15(5-9-18)12-22-23(25)20-11-10-19(13-21(20)28-22)27-14-16-2-6-17(24)7-3-16/h2-13H,14H2,1H3. The number of allylic oxidation sites excluding steroid dienone is 1. The highest BCUT2D eigenvalue weighted by Crippen LogP contribution is 2.35. The fraction of sp³-hybridized carbons (Fsp3) is 0.0870. The molecule has 0 amide bonds. The van der Waals surface area contributed by atoms with Gasteiger partial charge in [0.25, 0.3) is 0 Å². The van der Waals surface area contributed by atoms with Crippen molar-refractivity contribution < 1.29 is 19.0 Å². The lowest BCUT2D eigenvalue weighted by Crippen LogP contribution is -1.98. The molecule has 0 aromatic heterocycles. The van der Waals surface area contributed by atoms with Crippen LogP contribution in [-0.4, -0.2) is 12.9 Å². The molecule has 0 aliphatic carbocycles. The molecule has 140 valence electrons. The van der Waals surface area contributed by atoms with Crippen molar-refractivity contribution >= 4 is 23.5 Å². The first-order valence-electron chi connectivity index (χ1n) is 8.72. The molecular formula is C23H17ClO4. The minimum absolute atomic E-state index is 0.143. The lowest BCUT2D eigenvalue weighted by Gasteiger charge is -2.07. The molecule has 1 heterocycles. The van der Waals surface area contributed by atoms with Gasteiger partial charge in [-0.25, -0.2) is 0 Å². The van der Waals surface area contributed by atoms with Gasteiger partial charge in [0.15, 0.2) is 5.76 Å². The SMILES string of the molecule is COc1ccc(C=C2Oc3cc(OCc4ccc(Cl)cc4)ccc3C2=O)cc1. The fourth-order valence-corrected chi connectivity index (χ4v) is 2.98. The zero-order chi connectivity index (χ0) is 19.5. The first-order chi connectivity index (χ1) is 13.6. The second-order valence-corrected chi connectivity index (χ2v) is 6.72. The van der Waals surface area contributed by atoms with Crippen LogP contribution in [0.1, 0.15) is 21.5 Å². The molecule has 5 heteroatoms. The predicted molar refractivity (Wildman–Crippen MR) is 108 cm³/mol. The van der Waals surface area contributed by atoms with Gasteiger partial charge in [-0.3, -0.25) is 4.79 Å². The van der Waals surface area contributed by atoms with Crippen LogP contribution < -0.4 is 14.2 Å². The van der Waals surface area contributed by atoms with Gasteiger partial charge in [0.2, 0.25) is 5.78 Å². The summed E-state index contributed by atoms with van der Waals surface area (Å²) in [6.07, 6.45) is 1.72. The third-order valence-electron chi connectivity index (χ3n) is 4.37. The fourth-order valence-electron chi connectivity index (χ4n) is 2.86. The second-order valence-electron chi connectivity index (χ2n) is 6.29. The summed E-state index contributed by atoms with van der Waals surface area (Å²) < 4.78 is 16.7. The molecule has 0 spiro atoms. The largest absolute Gasteiger partial charge is 0.497 e. The van der Waals surface area contributed by atoms with Crippen LogP contribution in [0.3, 0.4) is 0 Å². The van der Waals surface area contributed by atoms with E-state index < -0.39 is 0 Å². The summed E-state index contributed by atoms with van der Waals surface area (Å²) in [6.45, 7) is 0.401. The highest BCUT2D eigenvalue weighted by molar-refractivity contribution is 6.30. The van der Waals surface area contributed by atoms with Crippen LogP contribution >= 0.6 is 11.6 Å². The summed E-state index contributed by atoms with van der Waals surface area (Å²) in [4.78, 5) is 12.6. The highest BCUT2D eigenvalue weighted by atomic mass is 35.5. The van der Waals surface area contributed by atoms with Crippen molar-refractivity contribution in [2.45, 2.75) is 6.61 Å². The van der Waals surface area contributed by atoms with Crippen molar-refractivity contribution in [3.05, 3.63) is 94.2 Å². The van der Waals surface area contributed by atoms with E-state index in [1.807, 2.05) is 48.5 Å². The van der Waals surface area contributed by atoms with Gasteiger partial charge in [0.05, 0.1) is 12.7 Å². The van der Waals surface area contributed by atoms with E-state index in [0.717, 1.165) is 16.9 Å². The average Bonchev–Trinajstić information content (AvgIpc) is 3.03. The minimum Gasteiger partial charge on any atom is -0.497 e. The van der Waals surface area contributed by atoms with Gasteiger partial charge < -0.3 is 14.2 Å². The summed E-state index contributed by atoms with van der Waals surface area (Å²) in [6, 6.07) is 20.1. The van der Waals surface area contributed by atoms with Crippen LogP contribution in [0, 0.1) is 0 Å². The van der Waals surface area contributed by atoms with Crippen LogP contribution in [0.5, 0.6) is 17.2 Å². The number of halogens is 1. The van der Waals surface area contributed by atoms with Crippen molar-refractivity contribution in [1.82, 2.24) is 0 Å². The maximum atomic E-state index is 12.6. The Bertz CT molecular complexity index is 1040. The minimum atomic E-state index is -0.143. The molecule has 0 radical (unpaired) electrons. The van der Waals surface area contributed by atoms with Crippen LogP contribution in [0.15, 0.2) is 72.5 Å². The van der Waals surface area contributed by atoms with Gasteiger partial charge in [-0.05, 0) is 53.6 Å². The number of carbonyl (C=O) groups is 1. The summed E-state index contributed by atoms with van der Waals surface area (Å²) >= 11 is 5.89. The molecule has 0 fully saturated rings. The molecule has 0 saturated heterocycles. The molecule has 0 bridgehead atoms. The summed E-state index contributed by atoms with van der Waals surface area (Å²) in [5.41, 5.74) is 2.39. The van der Waals surface area contributed by atoms with Gasteiger partial charge in [0.1, 0.15) is 23.9 Å². The number of rotatable bonds is 5. The van der Waals surface area contributed by atoms with Crippen LogP contribution in [0.2, 0.25) is 5.02 Å². The predicted octanol–water partition coefficient (Wildman–Crippen LogP) is 5.54. The smallest absolute Gasteiger partial charge is 0.231 e. The molecule has 0 unspecified atom stereocenters. The number of fused-ring (bicyclic) bond motifs is 1. The van der Waals surface area contributed by atoms with Gasteiger partial charge in [0, 0.05) is 11.1 Å². The Morgan fingerprint density at radius 1 is 0.964 bits per heavy atom. The van der Waals surface area contributed by atoms with E-state index in [4.69, 9.17) is 25.8 Å². The average molecular weight is 393 g/mol. The maximum Gasteiger partial charge on any atom is 0.231 e. The lowest BCUT2D eigenvalue weighted by molar-refractivity contribution is 0.101. The Kier molecular flexibility index (Phi) is 5.04. The summed E-state index contributed by atoms with van der Waals surface area (Å²) in [5, 5.41) is 0.685. The maximum absolute atomic E-state index is 12.6. The Hall–Kier alpha value is -3.24. The monoisotopic (exact) mass is 392 g/mol. The molecule has 28 heavy (non-hydrogen) atoms. The summed E-state index contributed by atoms with van der Waals surface area (Å²) in [5.74, 6) is 2.03. The van der Waals surface area contributed by atoms with Crippen LogP contribution in [-0.2, 0) is 6.61 Å². The van der Waals surface area contributed by atoms with Gasteiger partial charge >= 0.3 is 0 Å². The van der Waals surface area contributed by atoms with E-state index in [9.17, 15) is 4.79 Å². The molecule has 4 rings (SSSR count). The third kappa shape index (κ3) is 3.87. The van der Waals surface area contributed by atoms with E-state index in [2.05, 4.69) is 0 Å². The van der Waals surface area contributed by atoms with Gasteiger partial charge in [-0.1, -0.05) is 35.9 Å². The number of carbonyl (C=O) groups excluding carboxylic acids is 1. The Balaban J connectivity index is 1.49. The van der Waals surface area contributed by atoms with E-state index >= 15 is 0 Å². The number of ether oxygens (including phenoxy) is 3. The van der Waals surface area contributed by atoms with E-state index in [1.54, 1.807) is 31.4 Å². The number of ketones is 1. The number of hydrogen-bond acceptors (Lipinski definition) is 4. The number of benzene rings is 3. The van der Waals surface area contributed by atoms with E-state index in [1.165, 1.54) is 0 Å². The first kappa shape index (κ1) is 18.1. The highest BCUT2D eigenvalue weighted by Gasteiger charge is 2.27. The zero-order valence-corrected chi connectivity index (χ0v) is 15.9. The molecule has 1 aliphatic rings. The van der Waals surface area contributed by atoms with Gasteiger partial charge in [-0.2, -0.15) is 0 Å². The van der Waals surface area contributed by atoms with Crippen molar-refractivity contribution in [3.8, 4) is 17.2 Å². The topological polar surface area (TPSA) is 44.8 Å². The number of hydrogen-bond donors (Lipinski definition) is 0. The summed E-state index contributed by atoms with van der Waals surface area (Å²) in [7, 11) is 1.61. The molecule has 3 aromatic rings. The number of methoxy groups -OCH3 is 1. The Morgan fingerprint density at radius 2 is 1.68 bits per heavy atom. The van der Waals surface area contributed by atoms with E-state index in [-0.39, 0.29) is 11.5 Å². The molecule has 0 saturated carbocycles. The van der Waals surface area contributed by atoms with Crippen molar-refractivity contribution in [2.75, 3.05) is 7.11 Å². The lowest BCUT2D eigenvalue weighted by atomic mass is 10.1. The second kappa shape index (κ2) is 7.79. The quantitative estimate of drug-likeness (QED) is 0.534. The third-order valence-corrected chi connectivity index (χ3v) is 4.63. The van der Waals surface area contributed by atoms with Crippen LogP contribution in [0.25, 0.3) is 6.08 Å². The molecule has 1 aliphatic heterocycles. The van der Waals surface area contributed by atoms with E-state index in [0.29, 0.717) is 28.7 Å². The van der Waals surface area contributed by atoms with Crippen molar-refractivity contribution in [1.29, 1.82) is 0 Å². The first-order valence-corrected chi connectivity index (χ1v) is 9.10. The Labute approximate surface area is 167 Å². The zero-order valence-electron chi connectivity index (χ0n) is 15.1. The van der Waals surface area contributed by atoms with Gasteiger partial charge in [-0.15, -0.1) is 0 Å². The number of Topliss-reactive ketones (excluding diaryl/α,β-unsaturated/α-hetero) is 1. The Morgan fingerprint density at radius 3 is 2.39 bits per heavy atom.